The van der Waals surface area contributed by atoms with E-state index in [9.17, 15) is 9.18 Å². The Hall–Kier alpha value is -3.40. The number of fused-ring (bicyclic) bond motifs is 1. The van der Waals surface area contributed by atoms with Gasteiger partial charge in [0, 0.05) is 17.8 Å². The summed E-state index contributed by atoms with van der Waals surface area (Å²) in [5, 5.41) is 8.73. The fourth-order valence-electron chi connectivity index (χ4n) is 2.04. The predicted molar refractivity (Wildman–Crippen MR) is 79.2 cm³/mol. The number of benzene rings is 1. The van der Waals surface area contributed by atoms with Crippen LogP contribution in [0.3, 0.4) is 0 Å². The minimum Gasteiger partial charge on any atom is -0.453 e. The van der Waals surface area contributed by atoms with Crippen molar-refractivity contribution in [3.05, 3.63) is 52.2 Å². The zero-order valence-electron chi connectivity index (χ0n) is 11.1. The van der Waals surface area contributed by atoms with Gasteiger partial charge in [-0.1, -0.05) is 0 Å². The second-order valence-electron chi connectivity index (χ2n) is 4.58. The number of nitrogen functional groups attached to an aromatic ring is 2. The van der Waals surface area contributed by atoms with E-state index < -0.39 is 11.2 Å². The van der Waals surface area contributed by atoms with Crippen LogP contribution in [0.2, 0.25) is 0 Å². The summed E-state index contributed by atoms with van der Waals surface area (Å²) in [6.07, 6.45) is 1.39. The van der Waals surface area contributed by atoms with Crippen LogP contribution in [-0.2, 0) is 0 Å². The van der Waals surface area contributed by atoms with E-state index in [1.165, 1.54) is 18.3 Å². The van der Waals surface area contributed by atoms with Crippen molar-refractivity contribution in [2.75, 3.05) is 11.5 Å². The van der Waals surface area contributed by atoms with Crippen LogP contribution in [0, 0.1) is 17.1 Å². The molecule has 0 amide bonds. The lowest BCUT2D eigenvalue weighted by atomic mass is 10.1. The molecule has 0 atom stereocenters. The van der Waals surface area contributed by atoms with Gasteiger partial charge in [-0.15, -0.1) is 0 Å². The average molecular weight is 296 g/mol. The highest BCUT2D eigenvalue weighted by Crippen LogP contribution is 2.30. The summed E-state index contributed by atoms with van der Waals surface area (Å²) < 4.78 is 19.1. The molecule has 3 aromatic rings. The number of rotatable bonds is 1. The summed E-state index contributed by atoms with van der Waals surface area (Å²) >= 11 is 0. The average Bonchev–Trinajstić information content (AvgIpc) is 2.54. The van der Waals surface area contributed by atoms with Gasteiger partial charge in [0.1, 0.15) is 29.0 Å². The maximum absolute atomic E-state index is 13.6. The Bertz CT molecular complexity index is 988. The van der Waals surface area contributed by atoms with Crippen LogP contribution in [0.5, 0.6) is 0 Å². The zero-order valence-corrected chi connectivity index (χ0v) is 11.1. The first-order valence-electron chi connectivity index (χ1n) is 6.19. The van der Waals surface area contributed by atoms with E-state index in [1.54, 1.807) is 6.07 Å². The smallest absolute Gasteiger partial charge is 0.193 e. The van der Waals surface area contributed by atoms with Gasteiger partial charge in [-0.25, -0.2) is 9.37 Å². The second kappa shape index (κ2) is 4.86. The standard InChI is InChI=1S/C15H9FN4O2/c16-10-3-9-11(21)4-12(22-15(9)14(19)13(10)18)7-1-2-8(5-17)20-6-7/h1-4,6H,18-19H2. The minimum absolute atomic E-state index is 0.00885. The van der Waals surface area contributed by atoms with Crippen molar-refractivity contribution in [3.63, 3.8) is 0 Å². The quantitative estimate of drug-likeness (QED) is 0.663. The topological polar surface area (TPSA) is 119 Å². The number of anilines is 2. The number of nitrogens with zero attached hydrogens (tertiary/aromatic N) is 2. The molecule has 22 heavy (non-hydrogen) atoms. The van der Waals surface area contributed by atoms with Gasteiger partial charge in [0.05, 0.1) is 11.1 Å². The van der Waals surface area contributed by atoms with Gasteiger partial charge in [-0.2, -0.15) is 5.26 Å². The van der Waals surface area contributed by atoms with Gasteiger partial charge in [0.25, 0.3) is 0 Å². The summed E-state index contributed by atoms with van der Waals surface area (Å²) in [6.45, 7) is 0. The first-order chi connectivity index (χ1) is 10.5. The van der Waals surface area contributed by atoms with Crippen molar-refractivity contribution in [1.29, 1.82) is 5.26 Å². The van der Waals surface area contributed by atoms with E-state index in [1.807, 2.05) is 6.07 Å². The fourth-order valence-corrected chi connectivity index (χ4v) is 2.04. The maximum atomic E-state index is 13.6. The van der Waals surface area contributed by atoms with Crippen molar-refractivity contribution in [1.82, 2.24) is 4.98 Å². The highest BCUT2D eigenvalue weighted by atomic mass is 19.1. The van der Waals surface area contributed by atoms with Crippen LogP contribution >= 0.6 is 0 Å². The van der Waals surface area contributed by atoms with E-state index in [-0.39, 0.29) is 33.8 Å². The van der Waals surface area contributed by atoms with Crippen molar-refractivity contribution in [3.8, 4) is 17.4 Å². The van der Waals surface area contributed by atoms with Gasteiger partial charge in [-0.3, -0.25) is 4.79 Å². The number of nitriles is 1. The van der Waals surface area contributed by atoms with Gasteiger partial charge in [0.2, 0.25) is 0 Å². The Morgan fingerprint density at radius 2 is 2.00 bits per heavy atom. The summed E-state index contributed by atoms with van der Waals surface area (Å²) in [6, 6.07) is 7.16. The second-order valence-corrected chi connectivity index (χ2v) is 4.58. The van der Waals surface area contributed by atoms with Gasteiger partial charge in [-0.05, 0) is 18.2 Å². The van der Waals surface area contributed by atoms with E-state index in [0.717, 1.165) is 6.07 Å². The molecule has 6 nitrogen and oxygen atoms in total. The molecular weight excluding hydrogens is 287 g/mol. The number of nitrogens with two attached hydrogens (primary N) is 2. The molecule has 0 unspecified atom stereocenters. The first-order valence-corrected chi connectivity index (χ1v) is 6.19. The Balaban J connectivity index is 2.28. The summed E-state index contributed by atoms with van der Waals surface area (Å²) in [5.74, 6) is -0.572. The summed E-state index contributed by atoms with van der Waals surface area (Å²) in [4.78, 5) is 16.0. The molecule has 3 rings (SSSR count). The molecule has 0 saturated carbocycles. The molecule has 0 saturated heterocycles. The number of aromatic nitrogens is 1. The Kier molecular flexibility index (Phi) is 3.00. The van der Waals surface area contributed by atoms with Crippen LogP contribution in [0.25, 0.3) is 22.3 Å². The lowest BCUT2D eigenvalue weighted by Gasteiger charge is -2.07. The third-order valence-corrected chi connectivity index (χ3v) is 3.21. The molecule has 1 aromatic carbocycles. The molecule has 0 aliphatic carbocycles. The normalized spacial score (nSPS) is 10.5. The largest absolute Gasteiger partial charge is 0.453 e. The molecule has 0 aliphatic heterocycles. The third-order valence-electron chi connectivity index (χ3n) is 3.21. The molecule has 0 radical (unpaired) electrons. The van der Waals surface area contributed by atoms with Crippen molar-refractivity contribution < 1.29 is 8.81 Å². The van der Waals surface area contributed by atoms with E-state index in [0.29, 0.717) is 5.56 Å². The highest BCUT2D eigenvalue weighted by molar-refractivity contribution is 5.94. The van der Waals surface area contributed by atoms with E-state index in [4.69, 9.17) is 21.1 Å². The molecule has 0 spiro atoms. The zero-order chi connectivity index (χ0) is 15.9. The Morgan fingerprint density at radius 1 is 1.23 bits per heavy atom. The number of pyridine rings is 1. The van der Waals surface area contributed by atoms with Gasteiger partial charge < -0.3 is 15.9 Å². The SMILES string of the molecule is N#Cc1ccc(-c2cc(=O)c3cc(F)c(N)c(N)c3o2)cn1. The lowest BCUT2D eigenvalue weighted by molar-refractivity contribution is 0.612. The highest BCUT2D eigenvalue weighted by Gasteiger charge is 2.15. The van der Waals surface area contributed by atoms with Crippen molar-refractivity contribution in [2.24, 2.45) is 0 Å². The minimum atomic E-state index is -0.773. The molecule has 0 bridgehead atoms. The molecule has 0 aliphatic rings. The van der Waals surface area contributed by atoms with Crippen molar-refractivity contribution >= 4 is 22.3 Å². The molecule has 7 heteroatoms. The Morgan fingerprint density at radius 3 is 2.64 bits per heavy atom. The molecule has 108 valence electrons. The number of hydrogen-bond acceptors (Lipinski definition) is 6. The third kappa shape index (κ3) is 2.03. The molecule has 0 fully saturated rings. The lowest BCUT2D eigenvalue weighted by Crippen LogP contribution is -2.06. The number of halogens is 1. The Labute approximate surface area is 123 Å². The van der Waals surface area contributed by atoms with Crippen LogP contribution in [0.15, 0.2) is 39.7 Å². The molecule has 4 N–H and O–H groups in total. The molecular formula is C15H9FN4O2. The van der Waals surface area contributed by atoms with Crippen LogP contribution in [0.1, 0.15) is 5.69 Å². The number of hydrogen-bond donors (Lipinski definition) is 2. The maximum Gasteiger partial charge on any atom is 0.193 e. The van der Waals surface area contributed by atoms with Crippen LogP contribution in [0.4, 0.5) is 15.8 Å². The first kappa shape index (κ1) is 13.6. The van der Waals surface area contributed by atoms with Crippen molar-refractivity contribution in [2.45, 2.75) is 0 Å². The van der Waals surface area contributed by atoms with E-state index in [2.05, 4.69) is 4.98 Å². The summed E-state index contributed by atoms with van der Waals surface area (Å²) in [5.41, 5.74) is 11.1. The molecule has 2 heterocycles. The van der Waals surface area contributed by atoms with Crippen LogP contribution in [-0.4, -0.2) is 4.98 Å². The van der Waals surface area contributed by atoms with Gasteiger partial charge >= 0.3 is 0 Å². The monoisotopic (exact) mass is 296 g/mol. The molecule has 2 aromatic heterocycles. The van der Waals surface area contributed by atoms with E-state index >= 15 is 0 Å². The van der Waals surface area contributed by atoms with Gasteiger partial charge in [0.15, 0.2) is 11.0 Å². The fraction of sp³-hybridized carbons (Fsp3) is 0. The predicted octanol–water partition coefficient (Wildman–Crippen LogP) is 2.03. The van der Waals surface area contributed by atoms with Crippen LogP contribution < -0.4 is 16.9 Å². The summed E-state index contributed by atoms with van der Waals surface area (Å²) in [7, 11) is 0.